The summed E-state index contributed by atoms with van der Waals surface area (Å²) in [5.41, 5.74) is -0.226. The molecule has 2 aromatic rings. The van der Waals surface area contributed by atoms with Gasteiger partial charge in [0.25, 0.3) is 11.8 Å². The van der Waals surface area contributed by atoms with E-state index in [1.807, 2.05) is 6.07 Å². The maximum atomic E-state index is 13.7. The van der Waals surface area contributed by atoms with Crippen LogP contribution in [0, 0.1) is 35.8 Å². The lowest BCUT2D eigenvalue weighted by atomic mass is 10.2. The largest absolute Gasteiger partial charge is 0.436 e. The molecule has 0 aliphatic carbocycles. The number of aromatic nitrogens is 1. The van der Waals surface area contributed by atoms with Gasteiger partial charge in [0.1, 0.15) is 5.75 Å². The number of halogens is 3. The average Bonchev–Trinajstić information content (AvgIpc) is 2.42. The van der Waals surface area contributed by atoms with Crippen LogP contribution in [0.25, 0.3) is 0 Å². The highest BCUT2D eigenvalue weighted by Crippen LogP contribution is 2.26. The Hall–Kier alpha value is -2.55. The Labute approximate surface area is 106 Å². The maximum Gasteiger partial charge on any atom is 0.259 e. The molecule has 0 spiro atoms. The van der Waals surface area contributed by atoms with Gasteiger partial charge < -0.3 is 4.74 Å². The first-order chi connectivity index (χ1) is 9.02. The van der Waals surface area contributed by atoms with E-state index in [9.17, 15) is 13.2 Å². The number of nitriles is 1. The van der Waals surface area contributed by atoms with E-state index in [1.54, 1.807) is 0 Å². The Morgan fingerprint density at radius 1 is 1.21 bits per heavy atom. The van der Waals surface area contributed by atoms with Gasteiger partial charge in [0, 0.05) is 5.56 Å². The van der Waals surface area contributed by atoms with Crippen molar-refractivity contribution in [3.63, 3.8) is 0 Å². The van der Waals surface area contributed by atoms with Crippen LogP contribution in [0.3, 0.4) is 0 Å². The van der Waals surface area contributed by atoms with E-state index in [2.05, 4.69) is 4.98 Å². The van der Waals surface area contributed by atoms with Gasteiger partial charge in [-0.2, -0.15) is 14.6 Å². The molecule has 1 aromatic heterocycles. The van der Waals surface area contributed by atoms with Crippen molar-refractivity contribution in [2.24, 2.45) is 0 Å². The quantitative estimate of drug-likeness (QED) is 0.780. The molecule has 6 heteroatoms. The Bertz CT molecular complexity index is 680. The third-order valence-electron chi connectivity index (χ3n) is 2.40. The lowest BCUT2D eigenvalue weighted by Crippen LogP contribution is -2.02. The molecule has 3 nitrogen and oxygen atoms in total. The topological polar surface area (TPSA) is 45.9 Å². The van der Waals surface area contributed by atoms with Gasteiger partial charge in [0.2, 0.25) is 0 Å². The van der Waals surface area contributed by atoms with Crippen molar-refractivity contribution in [3.05, 3.63) is 53.0 Å². The number of hydrogen-bond donors (Lipinski definition) is 0. The first kappa shape index (κ1) is 12.9. The van der Waals surface area contributed by atoms with Crippen LogP contribution < -0.4 is 4.74 Å². The predicted molar refractivity (Wildman–Crippen MR) is 60.1 cm³/mol. The summed E-state index contributed by atoms with van der Waals surface area (Å²) in [7, 11) is 0. The molecule has 1 heterocycles. The van der Waals surface area contributed by atoms with Crippen molar-refractivity contribution in [2.45, 2.75) is 6.92 Å². The third-order valence-corrected chi connectivity index (χ3v) is 2.40. The first-order valence-electron chi connectivity index (χ1n) is 5.22. The SMILES string of the molecule is Cc1c(F)c(F)nc(Oc2cccc(C#N)c2)c1F. The fraction of sp³-hybridized carbons (Fsp3) is 0.0769. The second-order valence-corrected chi connectivity index (χ2v) is 3.70. The monoisotopic (exact) mass is 264 g/mol. The molecule has 0 saturated carbocycles. The van der Waals surface area contributed by atoms with Gasteiger partial charge in [-0.1, -0.05) is 6.07 Å². The summed E-state index contributed by atoms with van der Waals surface area (Å²) in [4.78, 5) is 3.06. The first-order valence-corrected chi connectivity index (χ1v) is 5.22. The van der Waals surface area contributed by atoms with Crippen molar-refractivity contribution in [3.8, 4) is 17.7 Å². The molecule has 2 rings (SSSR count). The summed E-state index contributed by atoms with van der Waals surface area (Å²) >= 11 is 0. The Balaban J connectivity index is 2.41. The maximum absolute atomic E-state index is 13.7. The van der Waals surface area contributed by atoms with Gasteiger partial charge >= 0.3 is 0 Å². The number of hydrogen-bond acceptors (Lipinski definition) is 3. The van der Waals surface area contributed by atoms with Crippen LogP contribution in [-0.4, -0.2) is 4.98 Å². The van der Waals surface area contributed by atoms with E-state index in [1.165, 1.54) is 24.3 Å². The molecular formula is C13H7F3N2O. The average molecular weight is 264 g/mol. The van der Waals surface area contributed by atoms with Crippen molar-refractivity contribution in [2.75, 3.05) is 0 Å². The minimum Gasteiger partial charge on any atom is -0.436 e. The third kappa shape index (κ3) is 2.50. The molecule has 96 valence electrons. The zero-order chi connectivity index (χ0) is 14.0. The van der Waals surface area contributed by atoms with Crippen molar-refractivity contribution in [1.29, 1.82) is 5.26 Å². The minimum atomic E-state index is -1.44. The molecule has 0 N–H and O–H groups in total. The minimum absolute atomic E-state index is 0.107. The standard InChI is InChI=1S/C13H7F3N2O/c1-7-10(14)12(16)18-13(11(7)15)19-9-4-2-3-8(5-9)6-17/h2-5H,1H3. The summed E-state index contributed by atoms with van der Waals surface area (Å²) in [6.07, 6.45) is 0. The van der Waals surface area contributed by atoms with Crippen LogP contribution in [-0.2, 0) is 0 Å². The molecule has 0 radical (unpaired) electrons. The van der Waals surface area contributed by atoms with E-state index in [-0.39, 0.29) is 11.3 Å². The highest BCUT2D eigenvalue weighted by atomic mass is 19.2. The van der Waals surface area contributed by atoms with Crippen LogP contribution in [0.4, 0.5) is 13.2 Å². The van der Waals surface area contributed by atoms with Crippen LogP contribution in [0.5, 0.6) is 11.6 Å². The van der Waals surface area contributed by atoms with Crippen LogP contribution in [0.15, 0.2) is 24.3 Å². The zero-order valence-corrected chi connectivity index (χ0v) is 9.75. The summed E-state index contributed by atoms with van der Waals surface area (Å²) < 4.78 is 44.8. The Morgan fingerprint density at radius 3 is 2.63 bits per heavy atom. The van der Waals surface area contributed by atoms with E-state index < -0.39 is 29.0 Å². The molecule has 0 aliphatic rings. The fourth-order valence-corrected chi connectivity index (χ4v) is 1.41. The summed E-state index contributed by atoms with van der Waals surface area (Å²) in [6, 6.07) is 7.68. The molecule has 0 fully saturated rings. The second kappa shape index (κ2) is 4.98. The Morgan fingerprint density at radius 2 is 1.95 bits per heavy atom. The van der Waals surface area contributed by atoms with Gasteiger partial charge in [0.05, 0.1) is 11.6 Å². The fourth-order valence-electron chi connectivity index (χ4n) is 1.41. The number of ether oxygens (including phenoxy) is 1. The van der Waals surface area contributed by atoms with E-state index in [4.69, 9.17) is 10.00 Å². The van der Waals surface area contributed by atoms with Gasteiger partial charge in [-0.3, -0.25) is 0 Å². The van der Waals surface area contributed by atoms with Gasteiger partial charge in [-0.25, -0.2) is 8.78 Å². The lowest BCUT2D eigenvalue weighted by molar-refractivity contribution is 0.382. The molecule has 0 aliphatic heterocycles. The molecular weight excluding hydrogens is 257 g/mol. The van der Waals surface area contributed by atoms with Crippen molar-refractivity contribution in [1.82, 2.24) is 4.98 Å². The molecule has 19 heavy (non-hydrogen) atoms. The number of benzene rings is 1. The second-order valence-electron chi connectivity index (χ2n) is 3.70. The number of rotatable bonds is 2. The van der Waals surface area contributed by atoms with Gasteiger partial charge in [0.15, 0.2) is 11.6 Å². The van der Waals surface area contributed by atoms with Crippen molar-refractivity contribution < 1.29 is 17.9 Å². The van der Waals surface area contributed by atoms with E-state index in [0.29, 0.717) is 0 Å². The molecule has 0 amide bonds. The normalized spacial score (nSPS) is 10.1. The highest BCUT2D eigenvalue weighted by molar-refractivity contribution is 5.38. The lowest BCUT2D eigenvalue weighted by Gasteiger charge is -2.08. The number of nitrogens with zero attached hydrogens (tertiary/aromatic N) is 2. The smallest absolute Gasteiger partial charge is 0.259 e. The van der Waals surface area contributed by atoms with Crippen LogP contribution >= 0.6 is 0 Å². The van der Waals surface area contributed by atoms with Crippen molar-refractivity contribution >= 4 is 0 Å². The van der Waals surface area contributed by atoms with E-state index in [0.717, 1.165) is 6.92 Å². The molecule has 0 atom stereocenters. The summed E-state index contributed by atoms with van der Waals surface area (Å²) in [6.45, 7) is 1.08. The molecule has 1 aromatic carbocycles. The molecule has 0 bridgehead atoms. The summed E-state index contributed by atoms with van der Waals surface area (Å²) in [5, 5.41) is 8.70. The number of pyridine rings is 1. The van der Waals surface area contributed by atoms with E-state index >= 15 is 0 Å². The van der Waals surface area contributed by atoms with Crippen LogP contribution in [0.2, 0.25) is 0 Å². The zero-order valence-electron chi connectivity index (χ0n) is 9.75. The summed E-state index contributed by atoms with van der Waals surface area (Å²) in [5.74, 6) is -4.44. The highest BCUT2D eigenvalue weighted by Gasteiger charge is 2.18. The molecule has 0 saturated heterocycles. The van der Waals surface area contributed by atoms with Crippen LogP contribution in [0.1, 0.15) is 11.1 Å². The van der Waals surface area contributed by atoms with Gasteiger partial charge in [-0.05, 0) is 25.1 Å². The predicted octanol–water partition coefficient (Wildman–Crippen LogP) is 3.47. The molecule has 0 unspecified atom stereocenters. The van der Waals surface area contributed by atoms with Gasteiger partial charge in [-0.15, -0.1) is 0 Å². The Kier molecular flexibility index (Phi) is 3.38.